The summed E-state index contributed by atoms with van der Waals surface area (Å²) in [7, 11) is 0. The summed E-state index contributed by atoms with van der Waals surface area (Å²) in [5.74, 6) is 0. The first-order valence-electron chi connectivity index (χ1n) is 5.22. The summed E-state index contributed by atoms with van der Waals surface area (Å²) in [6.45, 7) is 0.338. The third-order valence-corrected chi connectivity index (χ3v) is 2.99. The number of allylic oxidation sites excluding steroid dienone is 2. The Bertz CT molecular complexity index is 540. The Morgan fingerprint density at radius 1 is 1.39 bits per heavy atom. The minimum Gasteiger partial charge on any atom is -0.396 e. The summed E-state index contributed by atoms with van der Waals surface area (Å²) in [4.78, 5) is 13.4. The highest BCUT2D eigenvalue weighted by Gasteiger charge is 2.15. The molecule has 0 fully saturated rings. The summed E-state index contributed by atoms with van der Waals surface area (Å²) in [5, 5.41) is 3.67. The van der Waals surface area contributed by atoms with E-state index in [4.69, 9.17) is 28.9 Å². The Morgan fingerprint density at radius 2 is 2.17 bits per heavy atom. The monoisotopic (exact) mass is 283 g/mol. The van der Waals surface area contributed by atoms with Gasteiger partial charge in [0.1, 0.15) is 0 Å². The van der Waals surface area contributed by atoms with Gasteiger partial charge in [-0.3, -0.25) is 4.90 Å². The van der Waals surface area contributed by atoms with Crippen LogP contribution in [-0.4, -0.2) is 17.5 Å². The number of nitrogen functional groups attached to an aromatic ring is 1. The number of halogens is 2. The van der Waals surface area contributed by atoms with Crippen LogP contribution in [0.4, 0.5) is 16.2 Å². The maximum absolute atomic E-state index is 12.0. The molecule has 0 aromatic heterocycles. The van der Waals surface area contributed by atoms with Crippen molar-refractivity contribution in [3.63, 3.8) is 0 Å². The number of nitrogens with one attached hydrogen (secondary N) is 1. The fourth-order valence-corrected chi connectivity index (χ4v) is 1.87. The van der Waals surface area contributed by atoms with E-state index in [1.165, 1.54) is 4.90 Å². The van der Waals surface area contributed by atoms with Gasteiger partial charge in [-0.25, -0.2) is 4.79 Å². The highest BCUT2D eigenvalue weighted by Crippen LogP contribution is 2.27. The van der Waals surface area contributed by atoms with Crippen molar-refractivity contribution in [1.29, 1.82) is 0 Å². The molecule has 6 heteroatoms. The maximum Gasteiger partial charge on any atom is 0.326 e. The molecule has 94 valence electrons. The number of anilines is 2. The Kier molecular flexibility index (Phi) is 3.79. The van der Waals surface area contributed by atoms with E-state index in [-0.39, 0.29) is 6.03 Å². The number of amides is 2. The number of urea groups is 1. The van der Waals surface area contributed by atoms with Gasteiger partial charge in [0.2, 0.25) is 0 Å². The zero-order valence-electron chi connectivity index (χ0n) is 9.36. The van der Waals surface area contributed by atoms with E-state index in [1.807, 2.05) is 0 Å². The number of hydrogen-bond donors (Lipinski definition) is 2. The Hall–Kier alpha value is -1.65. The number of nitrogens with zero attached hydrogens (tertiary/aromatic N) is 1. The van der Waals surface area contributed by atoms with Crippen LogP contribution in [0, 0.1) is 0 Å². The Labute approximate surface area is 115 Å². The summed E-state index contributed by atoms with van der Waals surface area (Å²) < 4.78 is 0. The first-order chi connectivity index (χ1) is 8.58. The Balaban J connectivity index is 2.10. The van der Waals surface area contributed by atoms with E-state index in [1.54, 1.807) is 36.6 Å². The van der Waals surface area contributed by atoms with Gasteiger partial charge in [-0.1, -0.05) is 29.3 Å². The molecule has 0 bridgehead atoms. The third-order valence-electron chi connectivity index (χ3n) is 2.42. The van der Waals surface area contributed by atoms with Gasteiger partial charge in [-0.2, -0.15) is 0 Å². The molecule has 18 heavy (non-hydrogen) atoms. The molecule has 3 N–H and O–H groups in total. The highest BCUT2D eigenvalue weighted by atomic mass is 35.5. The van der Waals surface area contributed by atoms with Gasteiger partial charge in [0.15, 0.2) is 0 Å². The minimum absolute atomic E-state index is 0.313. The number of hydrogen-bond acceptors (Lipinski definition) is 2. The molecular formula is C12H11Cl2N3O. The molecule has 4 nitrogen and oxygen atoms in total. The predicted octanol–water partition coefficient (Wildman–Crippen LogP) is 3.41. The van der Waals surface area contributed by atoms with E-state index >= 15 is 0 Å². The smallest absolute Gasteiger partial charge is 0.326 e. The fourth-order valence-electron chi connectivity index (χ4n) is 1.49. The lowest BCUT2D eigenvalue weighted by Gasteiger charge is -2.21. The zero-order valence-corrected chi connectivity index (χ0v) is 10.9. The number of benzene rings is 1. The van der Waals surface area contributed by atoms with Crippen LogP contribution in [0.1, 0.15) is 0 Å². The Morgan fingerprint density at radius 3 is 2.89 bits per heavy atom. The number of carbonyl (C=O) groups is 1. The van der Waals surface area contributed by atoms with Crippen LogP contribution in [0.15, 0.2) is 41.6 Å². The van der Waals surface area contributed by atoms with Gasteiger partial charge < -0.3 is 11.1 Å². The zero-order chi connectivity index (χ0) is 13.1. The van der Waals surface area contributed by atoms with E-state index in [9.17, 15) is 4.79 Å². The normalized spacial score (nSPS) is 14.3. The minimum atomic E-state index is -0.313. The lowest BCUT2D eigenvalue weighted by atomic mass is 10.2. The molecule has 2 amide bonds. The van der Waals surface area contributed by atoms with Crippen molar-refractivity contribution in [3.8, 4) is 0 Å². The van der Waals surface area contributed by atoms with Crippen LogP contribution in [0.3, 0.4) is 0 Å². The molecule has 0 spiro atoms. The van der Waals surface area contributed by atoms with Gasteiger partial charge in [0.05, 0.1) is 22.9 Å². The molecule has 0 atom stereocenters. The van der Waals surface area contributed by atoms with Crippen LogP contribution in [0.2, 0.25) is 5.02 Å². The van der Waals surface area contributed by atoms with Crippen LogP contribution in [0.5, 0.6) is 0 Å². The average Bonchev–Trinajstić information content (AvgIpc) is 2.35. The van der Waals surface area contributed by atoms with E-state index in [0.717, 1.165) is 0 Å². The van der Waals surface area contributed by atoms with Crippen molar-refractivity contribution in [2.75, 3.05) is 17.6 Å². The van der Waals surface area contributed by atoms with Gasteiger partial charge in [0, 0.05) is 11.2 Å². The molecule has 2 rings (SSSR count). The summed E-state index contributed by atoms with van der Waals surface area (Å²) in [5.41, 5.74) is 6.59. The molecule has 1 heterocycles. The first kappa shape index (κ1) is 12.8. The molecule has 1 aromatic carbocycles. The van der Waals surface area contributed by atoms with Crippen molar-refractivity contribution in [2.45, 2.75) is 0 Å². The van der Waals surface area contributed by atoms with Crippen LogP contribution >= 0.6 is 23.2 Å². The van der Waals surface area contributed by atoms with Gasteiger partial charge >= 0.3 is 6.03 Å². The van der Waals surface area contributed by atoms with E-state index in [0.29, 0.717) is 28.0 Å². The lowest BCUT2D eigenvalue weighted by molar-refractivity contribution is 0.231. The van der Waals surface area contributed by atoms with Gasteiger partial charge in [-0.15, -0.1) is 0 Å². The van der Waals surface area contributed by atoms with Gasteiger partial charge in [0.25, 0.3) is 0 Å². The second-order valence-corrected chi connectivity index (χ2v) is 4.61. The summed E-state index contributed by atoms with van der Waals surface area (Å²) in [6.07, 6.45) is 5.08. The predicted molar refractivity (Wildman–Crippen MR) is 74.7 cm³/mol. The average molecular weight is 284 g/mol. The second kappa shape index (κ2) is 5.33. The molecular weight excluding hydrogens is 273 g/mol. The van der Waals surface area contributed by atoms with E-state index < -0.39 is 0 Å². The van der Waals surface area contributed by atoms with Crippen LogP contribution in [-0.2, 0) is 0 Å². The fraction of sp³-hybridized carbons (Fsp3) is 0.0833. The van der Waals surface area contributed by atoms with Gasteiger partial charge in [-0.05, 0) is 24.3 Å². The summed E-state index contributed by atoms with van der Waals surface area (Å²) in [6, 6.07) is 4.75. The molecule has 0 radical (unpaired) electrons. The molecule has 1 aliphatic rings. The number of rotatable bonds is 1. The molecule has 0 saturated heterocycles. The summed E-state index contributed by atoms with van der Waals surface area (Å²) >= 11 is 11.7. The third kappa shape index (κ3) is 2.78. The topological polar surface area (TPSA) is 58.4 Å². The standard InChI is InChI=1S/C12H11Cl2N3O/c13-8-3-2-6-17(7-8)12(18)16-10-5-1-4-9(14)11(10)15/h1-6H,7,15H2,(H,16,18). The maximum atomic E-state index is 12.0. The molecule has 0 aliphatic carbocycles. The van der Waals surface area contributed by atoms with Crippen molar-refractivity contribution in [2.24, 2.45) is 0 Å². The second-order valence-electron chi connectivity index (χ2n) is 3.71. The molecule has 0 saturated carbocycles. The first-order valence-corrected chi connectivity index (χ1v) is 5.98. The SMILES string of the molecule is Nc1c(Cl)cccc1NC(=O)N1C=CC=C(Cl)C1. The van der Waals surface area contributed by atoms with Crippen LogP contribution < -0.4 is 11.1 Å². The highest BCUT2D eigenvalue weighted by molar-refractivity contribution is 6.33. The molecule has 1 aromatic rings. The number of nitrogens with two attached hydrogens (primary N) is 1. The molecule has 0 unspecified atom stereocenters. The largest absolute Gasteiger partial charge is 0.396 e. The van der Waals surface area contributed by atoms with Crippen molar-refractivity contribution in [3.05, 3.63) is 46.6 Å². The quantitative estimate of drug-likeness (QED) is 0.776. The van der Waals surface area contributed by atoms with Crippen LogP contribution in [0.25, 0.3) is 0 Å². The van der Waals surface area contributed by atoms with E-state index in [2.05, 4.69) is 5.32 Å². The molecule has 1 aliphatic heterocycles. The lowest BCUT2D eigenvalue weighted by Crippen LogP contribution is -2.32. The van der Waals surface area contributed by atoms with Crippen molar-refractivity contribution < 1.29 is 4.79 Å². The number of carbonyl (C=O) groups excluding carboxylic acids is 1. The van der Waals surface area contributed by atoms with Crippen molar-refractivity contribution in [1.82, 2.24) is 4.90 Å². The number of para-hydroxylation sites is 1. The van der Waals surface area contributed by atoms with Crippen molar-refractivity contribution >= 4 is 40.6 Å².